The SMILES string of the molecule is N#Cc1ccc(CN2CCN([C@H](C(N)=O)c3ccccc3)CC2)cc1. The highest BCUT2D eigenvalue weighted by molar-refractivity contribution is 5.81. The molecule has 1 amide bonds. The number of benzene rings is 2. The number of nitriles is 1. The number of primary amides is 1. The molecule has 2 aromatic rings. The summed E-state index contributed by atoms with van der Waals surface area (Å²) < 4.78 is 0. The molecule has 1 atom stereocenters. The monoisotopic (exact) mass is 334 g/mol. The van der Waals surface area contributed by atoms with Crippen molar-refractivity contribution in [3.8, 4) is 6.07 Å². The number of nitrogens with two attached hydrogens (primary N) is 1. The largest absolute Gasteiger partial charge is 0.368 e. The van der Waals surface area contributed by atoms with Gasteiger partial charge in [-0.1, -0.05) is 42.5 Å². The lowest BCUT2D eigenvalue weighted by Crippen LogP contribution is -2.49. The Hall–Kier alpha value is -2.68. The molecule has 0 aliphatic carbocycles. The normalized spacial score (nSPS) is 16.9. The van der Waals surface area contributed by atoms with Crippen LogP contribution in [0.15, 0.2) is 54.6 Å². The topological polar surface area (TPSA) is 73.4 Å². The Morgan fingerprint density at radius 1 is 1.04 bits per heavy atom. The van der Waals surface area contributed by atoms with E-state index in [1.54, 1.807) is 0 Å². The van der Waals surface area contributed by atoms with Crippen LogP contribution in [0.2, 0.25) is 0 Å². The van der Waals surface area contributed by atoms with Crippen molar-refractivity contribution in [2.75, 3.05) is 26.2 Å². The fourth-order valence-electron chi connectivity index (χ4n) is 3.31. The van der Waals surface area contributed by atoms with Crippen LogP contribution in [0.25, 0.3) is 0 Å². The average molecular weight is 334 g/mol. The molecule has 0 saturated carbocycles. The Balaban J connectivity index is 1.60. The Bertz CT molecular complexity index is 744. The summed E-state index contributed by atoms with van der Waals surface area (Å²) in [4.78, 5) is 16.5. The minimum Gasteiger partial charge on any atom is -0.368 e. The Kier molecular flexibility index (Phi) is 5.44. The standard InChI is InChI=1S/C20H22N4O/c21-14-16-6-8-17(9-7-16)15-23-10-12-24(13-11-23)19(20(22)25)18-4-2-1-3-5-18/h1-9,19H,10-13,15H2,(H2,22,25)/t19-/m0/s1. The maximum absolute atomic E-state index is 12.0. The fourth-order valence-corrected chi connectivity index (χ4v) is 3.31. The van der Waals surface area contributed by atoms with Crippen LogP contribution in [0.5, 0.6) is 0 Å². The molecule has 0 spiro atoms. The van der Waals surface area contributed by atoms with E-state index in [2.05, 4.69) is 15.9 Å². The number of carbonyl (C=O) groups excluding carboxylic acids is 1. The predicted molar refractivity (Wildman–Crippen MR) is 96.4 cm³/mol. The van der Waals surface area contributed by atoms with Crippen molar-refractivity contribution >= 4 is 5.91 Å². The first-order chi connectivity index (χ1) is 12.2. The van der Waals surface area contributed by atoms with Gasteiger partial charge < -0.3 is 5.73 Å². The molecule has 1 aliphatic heterocycles. The first-order valence-corrected chi connectivity index (χ1v) is 8.47. The number of hydrogen-bond acceptors (Lipinski definition) is 4. The highest BCUT2D eigenvalue weighted by Crippen LogP contribution is 2.22. The van der Waals surface area contributed by atoms with Gasteiger partial charge in [-0.05, 0) is 23.3 Å². The van der Waals surface area contributed by atoms with Crippen molar-refractivity contribution in [3.05, 3.63) is 71.3 Å². The van der Waals surface area contributed by atoms with Gasteiger partial charge >= 0.3 is 0 Å². The van der Waals surface area contributed by atoms with E-state index in [4.69, 9.17) is 11.0 Å². The van der Waals surface area contributed by atoms with Gasteiger partial charge in [0.2, 0.25) is 5.91 Å². The van der Waals surface area contributed by atoms with Gasteiger partial charge in [-0.25, -0.2) is 0 Å². The number of piperazine rings is 1. The molecule has 1 fully saturated rings. The van der Waals surface area contributed by atoms with Crippen molar-refractivity contribution in [3.63, 3.8) is 0 Å². The van der Waals surface area contributed by atoms with E-state index in [1.807, 2.05) is 54.6 Å². The molecule has 0 unspecified atom stereocenters. The van der Waals surface area contributed by atoms with E-state index >= 15 is 0 Å². The number of carbonyl (C=O) groups is 1. The molecule has 1 saturated heterocycles. The molecule has 1 heterocycles. The lowest BCUT2D eigenvalue weighted by Gasteiger charge is -2.38. The van der Waals surface area contributed by atoms with Crippen LogP contribution in [0.4, 0.5) is 0 Å². The summed E-state index contributed by atoms with van der Waals surface area (Å²) in [6.07, 6.45) is 0. The van der Waals surface area contributed by atoms with Gasteiger partial charge in [-0.3, -0.25) is 14.6 Å². The van der Waals surface area contributed by atoms with E-state index in [1.165, 1.54) is 5.56 Å². The van der Waals surface area contributed by atoms with Crippen LogP contribution >= 0.6 is 0 Å². The minimum absolute atomic E-state index is 0.299. The van der Waals surface area contributed by atoms with Gasteiger partial charge in [0.05, 0.1) is 11.6 Å². The summed E-state index contributed by atoms with van der Waals surface area (Å²) in [5, 5.41) is 8.87. The van der Waals surface area contributed by atoms with E-state index in [0.717, 1.165) is 38.3 Å². The minimum atomic E-state index is -0.363. The quantitative estimate of drug-likeness (QED) is 0.906. The summed E-state index contributed by atoms with van der Waals surface area (Å²) in [6.45, 7) is 4.23. The summed E-state index contributed by atoms with van der Waals surface area (Å²) in [5.74, 6) is -0.299. The molecular weight excluding hydrogens is 312 g/mol. The molecule has 5 nitrogen and oxygen atoms in total. The maximum Gasteiger partial charge on any atom is 0.239 e. The summed E-state index contributed by atoms with van der Waals surface area (Å²) >= 11 is 0. The molecule has 2 N–H and O–H groups in total. The summed E-state index contributed by atoms with van der Waals surface area (Å²) in [6, 6.07) is 19.2. The summed E-state index contributed by atoms with van der Waals surface area (Å²) in [7, 11) is 0. The smallest absolute Gasteiger partial charge is 0.239 e. The Morgan fingerprint density at radius 2 is 1.68 bits per heavy atom. The fraction of sp³-hybridized carbons (Fsp3) is 0.300. The van der Waals surface area contributed by atoms with Crippen molar-refractivity contribution in [1.29, 1.82) is 5.26 Å². The molecule has 0 bridgehead atoms. The van der Waals surface area contributed by atoms with Crippen LogP contribution in [-0.4, -0.2) is 41.9 Å². The number of nitrogens with zero attached hydrogens (tertiary/aromatic N) is 3. The molecule has 0 radical (unpaired) electrons. The second-order valence-corrected chi connectivity index (χ2v) is 6.34. The van der Waals surface area contributed by atoms with Crippen molar-refractivity contribution in [2.45, 2.75) is 12.6 Å². The number of amides is 1. The van der Waals surface area contributed by atoms with E-state index in [9.17, 15) is 4.79 Å². The van der Waals surface area contributed by atoms with Gasteiger partial charge in [-0.2, -0.15) is 5.26 Å². The molecule has 2 aromatic carbocycles. The van der Waals surface area contributed by atoms with Gasteiger partial charge in [0, 0.05) is 32.7 Å². The Labute approximate surface area is 148 Å². The van der Waals surface area contributed by atoms with Crippen LogP contribution in [-0.2, 0) is 11.3 Å². The van der Waals surface area contributed by atoms with Crippen LogP contribution in [0.1, 0.15) is 22.7 Å². The Morgan fingerprint density at radius 3 is 2.24 bits per heavy atom. The van der Waals surface area contributed by atoms with Gasteiger partial charge in [0.25, 0.3) is 0 Å². The zero-order valence-corrected chi connectivity index (χ0v) is 14.1. The molecule has 5 heteroatoms. The third-order valence-corrected chi connectivity index (χ3v) is 4.65. The first-order valence-electron chi connectivity index (χ1n) is 8.47. The third kappa shape index (κ3) is 4.24. The zero-order valence-electron chi connectivity index (χ0n) is 14.1. The number of rotatable bonds is 5. The highest BCUT2D eigenvalue weighted by atomic mass is 16.1. The molecule has 25 heavy (non-hydrogen) atoms. The molecular formula is C20H22N4O. The predicted octanol–water partition coefficient (Wildman–Crippen LogP) is 1.90. The average Bonchev–Trinajstić information content (AvgIpc) is 2.65. The van der Waals surface area contributed by atoms with E-state index in [-0.39, 0.29) is 11.9 Å². The van der Waals surface area contributed by atoms with E-state index < -0.39 is 0 Å². The molecule has 128 valence electrons. The van der Waals surface area contributed by atoms with Crippen LogP contribution in [0.3, 0.4) is 0 Å². The zero-order chi connectivity index (χ0) is 17.6. The summed E-state index contributed by atoms with van der Waals surface area (Å²) in [5.41, 5.74) is 8.50. The molecule has 0 aromatic heterocycles. The third-order valence-electron chi connectivity index (χ3n) is 4.65. The second kappa shape index (κ2) is 7.93. The molecule has 3 rings (SSSR count). The lowest BCUT2D eigenvalue weighted by atomic mass is 10.0. The van der Waals surface area contributed by atoms with Gasteiger partial charge in [0.1, 0.15) is 6.04 Å². The lowest BCUT2D eigenvalue weighted by molar-refractivity contribution is -0.124. The van der Waals surface area contributed by atoms with Gasteiger partial charge in [0.15, 0.2) is 0 Å². The maximum atomic E-state index is 12.0. The van der Waals surface area contributed by atoms with Crippen molar-refractivity contribution in [1.82, 2.24) is 9.80 Å². The van der Waals surface area contributed by atoms with Crippen molar-refractivity contribution < 1.29 is 4.79 Å². The van der Waals surface area contributed by atoms with Crippen LogP contribution in [0, 0.1) is 11.3 Å². The van der Waals surface area contributed by atoms with E-state index in [0.29, 0.717) is 5.56 Å². The van der Waals surface area contributed by atoms with Gasteiger partial charge in [-0.15, -0.1) is 0 Å². The molecule has 1 aliphatic rings. The van der Waals surface area contributed by atoms with Crippen molar-refractivity contribution in [2.24, 2.45) is 5.73 Å². The highest BCUT2D eigenvalue weighted by Gasteiger charge is 2.28. The number of hydrogen-bond donors (Lipinski definition) is 1. The second-order valence-electron chi connectivity index (χ2n) is 6.34. The first kappa shape index (κ1) is 17.2. The van der Waals surface area contributed by atoms with Crippen LogP contribution < -0.4 is 5.73 Å².